The number of aromatic hydroxyl groups is 2. The van der Waals surface area contributed by atoms with Crippen molar-refractivity contribution in [3.05, 3.63) is 23.8 Å². The van der Waals surface area contributed by atoms with Gasteiger partial charge in [-0.15, -0.1) is 0 Å². The van der Waals surface area contributed by atoms with Crippen LogP contribution in [0.2, 0.25) is 0 Å². The van der Waals surface area contributed by atoms with E-state index in [4.69, 9.17) is 4.74 Å². The van der Waals surface area contributed by atoms with Crippen LogP contribution in [0.15, 0.2) is 18.2 Å². The Morgan fingerprint density at radius 2 is 1.92 bits per heavy atom. The van der Waals surface area contributed by atoms with Crippen molar-refractivity contribution in [2.45, 2.75) is 6.92 Å². The van der Waals surface area contributed by atoms with E-state index in [-0.39, 0.29) is 17.2 Å². The average Bonchev–Trinajstić information content (AvgIpc) is 2.11. The number of phenols is 2. The van der Waals surface area contributed by atoms with Crippen LogP contribution in [0.4, 0.5) is 0 Å². The van der Waals surface area contributed by atoms with Crippen molar-refractivity contribution in [1.29, 1.82) is 0 Å². The van der Waals surface area contributed by atoms with Crippen LogP contribution < -0.4 is 4.74 Å². The number of benzene rings is 1. The molecule has 0 spiro atoms. The summed E-state index contributed by atoms with van der Waals surface area (Å²) >= 11 is 0. The van der Waals surface area contributed by atoms with Gasteiger partial charge in [0.1, 0.15) is 5.75 Å². The van der Waals surface area contributed by atoms with Crippen LogP contribution in [0.5, 0.6) is 17.2 Å². The van der Waals surface area contributed by atoms with Crippen LogP contribution in [0.1, 0.15) is 12.5 Å². The summed E-state index contributed by atoms with van der Waals surface area (Å²) < 4.78 is 4.82. The van der Waals surface area contributed by atoms with Gasteiger partial charge in [-0.25, -0.2) is 0 Å². The second-order valence-corrected chi connectivity index (χ2v) is 2.58. The third kappa shape index (κ3) is 1.93. The van der Waals surface area contributed by atoms with Crippen LogP contribution in [-0.2, 0) is 0 Å². The molecule has 0 fully saturated rings. The minimum atomic E-state index is 0.0217. The molecule has 2 N–H and O–H groups in total. The zero-order valence-electron chi connectivity index (χ0n) is 7.61. The quantitative estimate of drug-likeness (QED) is 0.685. The number of phenolic OH excluding ortho intramolecular Hbond substituents is 2. The Balaban J connectivity index is 3.20. The number of methoxy groups -OCH3 is 1. The van der Waals surface area contributed by atoms with E-state index in [0.29, 0.717) is 5.56 Å². The van der Waals surface area contributed by atoms with E-state index in [2.05, 4.69) is 0 Å². The Bertz CT molecular complexity index is 329. The second-order valence-electron chi connectivity index (χ2n) is 2.58. The van der Waals surface area contributed by atoms with E-state index in [1.165, 1.54) is 19.2 Å². The van der Waals surface area contributed by atoms with Crippen molar-refractivity contribution in [1.82, 2.24) is 0 Å². The maximum atomic E-state index is 9.44. The standard InChI is InChI=1S/C10H12O3/c1-3-4-7-5-9(12)10(13-2)6-8(7)11/h3-6,11-12H,1-2H3/b4-3+. The highest BCUT2D eigenvalue weighted by Crippen LogP contribution is 2.33. The van der Waals surface area contributed by atoms with Crippen LogP contribution in [-0.4, -0.2) is 17.3 Å². The lowest BCUT2D eigenvalue weighted by atomic mass is 10.1. The zero-order valence-corrected chi connectivity index (χ0v) is 7.61. The van der Waals surface area contributed by atoms with Crippen LogP contribution in [0, 0.1) is 0 Å². The minimum absolute atomic E-state index is 0.0217. The molecule has 0 saturated carbocycles. The Labute approximate surface area is 76.9 Å². The summed E-state index contributed by atoms with van der Waals surface area (Å²) in [6.45, 7) is 1.83. The van der Waals surface area contributed by atoms with Gasteiger partial charge in [0, 0.05) is 11.6 Å². The van der Waals surface area contributed by atoms with E-state index in [1.807, 2.05) is 6.92 Å². The summed E-state index contributed by atoms with van der Waals surface area (Å²) in [5.74, 6) is 0.381. The summed E-state index contributed by atoms with van der Waals surface area (Å²) in [5, 5.41) is 18.8. The maximum Gasteiger partial charge on any atom is 0.164 e. The number of allylic oxidation sites excluding steroid dienone is 1. The minimum Gasteiger partial charge on any atom is -0.507 e. The maximum absolute atomic E-state index is 9.44. The summed E-state index contributed by atoms with van der Waals surface area (Å²) in [7, 11) is 1.43. The predicted molar refractivity (Wildman–Crippen MR) is 51.0 cm³/mol. The lowest BCUT2D eigenvalue weighted by molar-refractivity contribution is 0.368. The molecule has 70 valence electrons. The molecular weight excluding hydrogens is 168 g/mol. The van der Waals surface area contributed by atoms with E-state index in [1.54, 1.807) is 12.2 Å². The topological polar surface area (TPSA) is 49.7 Å². The Morgan fingerprint density at radius 1 is 1.23 bits per heavy atom. The average molecular weight is 180 g/mol. The fourth-order valence-electron chi connectivity index (χ4n) is 1.05. The fourth-order valence-corrected chi connectivity index (χ4v) is 1.05. The molecule has 0 aliphatic heterocycles. The van der Waals surface area contributed by atoms with E-state index >= 15 is 0 Å². The van der Waals surface area contributed by atoms with Crippen LogP contribution >= 0.6 is 0 Å². The first-order chi connectivity index (χ1) is 6.19. The first-order valence-electron chi connectivity index (χ1n) is 3.91. The number of hydrogen-bond donors (Lipinski definition) is 2. The van der Waals surface area contributed by atoms with Crippen molar-refractivity contribution in [3.63, 3.8) is 0 Å². The molecule has 1 rings (SSSR count). The molecule has 0 saturated heterocycles. The molecule has 0 aliphatic carbocycles. The van der Waals surface area contributed by atoms with Gasteiger partial charge in [-0.3, -0.25) is 0 Å². The Kier molecular flexibility index (Phi) is 2.80. The van der Waals surface area contributed by atoms with Gasteiger partial charge in [-0.2, -0.15) is 0 Å². The molecule has 0 bridgehead atoms. The molecule has 0 aromatic heterocycles. The lowest BCUT2D eigenvalue weighted by Gasteiger charge is -2.05. The van der Waals surface area contributed by atoms with Crippen molar-refractivity contribution in [2.24, 2.45) is 0 Å². The fraction of sp³-hybridized carbons (Fsp3) is 0.200. The van der Waals surface area contributed by atoms with Crippen molar-refractivity contribution in [2.75, 3.05) is 7.11 Å². The molecule has 0 aliphatic rings. The van der Waals surface area contributed by atoms with Gasteiger partial charge >= 0.3 is 0 Å². The molecular formula is C10H12O3. The number of rotatable bonds is 2. The monoisotopic (exact) mass is 180 g/mol. The van der Waals surface area contributed by atoms with E-state index in [9.17, 15) is 10.2 Å². The van der Waals surface area contributed by atoms with Gasteiger partial charge in [0.25, 0.3) is 0 Å². The highest BCUT2D eigenvalue weighted by Gasteiger charge is 2.05. The summed E-state index contributed by atoms with van der Waals surface area (Å²) in [4.78, 5) is 0. The molecule has 3 nitrogen and oxygen atoms in total. The first kappa shape index (κ1) is 9.45. The Hall–Kier alpha value is -1.64. The summed E-state index contributed by atoms with van der Waals surface area (Å²) in [5.41, 5.74) is 0.570. The van der Waals surface area contributed by atoms with Crippen LogP contribution in [0.3, 0.4) is 0 Å². The number of ether oxygens (including phenoxy) is 1. The van der Waals surface area contributed by atoms with Crippen LogP contribution in [0.25, 0.3) is 6.08 Å². The Morgan fingerprint density at radius 3 is 2.46 bits per heavy atom. The van der Waals surface area contributed by atoms with Gasteiger partial charge < -0.3 is 14.9 Å². The van der Waals surface area contributed by atoms with Crippen molar-refractivity contribution < 1.29 is 14.9 Å². The molecule has 3 heteroatoms. The largest absolute Gasteiger partial charge is 0.507 e. The third-order valence-electron chi connectivity index (χ3n) is 1.67. The second kappa shape index (κ2) is 3.85. The molecule has 1 aromatic rings. The molecule has 0 amide bonds. The summed E-state index contributed by atoms with van der Waals surface area (Å²) in [6.07, 6.45) is 3.48. The normalized spacial score (nSPS) is 10.6. The van der Waals surface area contributed by atoms with Crippen molar-refractivity contribution in [3.8, 4) is 17.2 Å². The molecule has 0 unspecified atom stereocenters. The molecule has 1 aromatic carbocycles. The lowest BCUT2D eigenvalue weighted by Crippen LogP contribution is -1.84. The zero-order chi connectivity index (χ0) is 9.84. The van der Waals surface area contributed by atoms with Gasteiger partial charge in [-0.05, 0) is 13.0 Å². The highest BCUT2D eigenvalue weighted by molar-refractivity contribution is 5.62. The third-order valence-corrected chi connectivity index (χ3v) is 1.67. The molecule has 0 atom stereocenters. The SMILES string of the molecule is C/C=C/c1cc(O)c(OC)cc1O. The molecule has 0 radical (unpaired) electrons. The summed E-state index contributed by atoms with van der Waals surface area (Å²) in [6, 6.07) is 2.83. The molecule has 0 heterocycles. The first-order valence-corrected chi connectivity index (χ1v) is 3.91. The smallest absolute Gasteiger partial charge is 0.164 e. The van der Waals surface area contributed by atoms with Gasteiger partial charge in [0.15, 0.2) is 11.5 Å². The van der Waals surface area contributed by atoms with Gasteiger partial charge in [0.05, 0.1) is 7.11 Å². The van der Waals surface area contributed by atoms with E-state index in [0.717, 1.165) is 0 Å². The van der Waals surface area contributed by atoms with Gasteiger partial charge in [-0.1, -0.05) is 12.2 Å². The van der Waals surface area contributed by atoms with Gasteiger partial charge in [0.2, 0.25) is 0 Å². The predicted octanol–water partition coefficient (Wildman–Crippen LogP) is 2.14. The van der Waals surface area contributed by atoms with E-state index < -0.39 is 0 Å². The van der Waals surface area contributed by atoms with Crippen molar-refractivity contribution >= 4 is 6.08 Å². The highest BCUT2D eigenvalue weighted by atomic mass is 16.5. The number of hydrogen-bond acceptors (Lipinski definition) is 3. The molecule has 13 heavy (non-hydrogen) atoms.